The number of sulfonamides is 1. The van der Waals surface area contributed by atoms with E-state index in [0.717, 1.165) is 0 Å². The molecule has 0 aliphatic carbocycles. The van der Waals surface area contributed by atoms with Crippen molar-refractivity contribution in [2.45, 2.75) is 24.4 Å². The van der Waals surface area contributed by atoms with Gasteiger partial charge in [0.15, 0.2) is 11.6 Å². The monoisotopic (exact) mass is 296 g/mol. The fourth-order valence-corrected chi connectivity index (χ4v) is 2.21. The standard InChI is InChI=1S/C11H16N6O2S/c1-11(2)16-9(12)15-10(17-11)14-7-3-5-8(6-4-7)20(13,18)19/h3-6H,1-2H3,(H2,13,18,19)(H4,12,14,15,16,17). The Balaban J connectivity index is 2.18. The fraction of sp³-hybridized carbons (Fsp3) is 0.273. The normalized spacial score (nSPS) is 17.8. The van der Waals surface area contributed by atoms with Gasteiger partial charge in [0.2, 0.25) is 16.0 Å². The summed E-state index contributed by atoms with van der Waals surface area (Å²) >= 11 is 0. The van der Waals surface area contributed by atoms with E-state index >= 15 is 0 Å². The third kappa shape index (κ3) is 3.45. The maximum atomic E-state index is 11.2. The predicted octanol–water partition coefficient (Wildman–Crippen LogP) is -0.244. The molecule has 0 amide bonds. The van der Waals surface area contributed by atoms with Crippen LogP contribution in [0.15, 0.2) is 39.1 Å². The summed E-state index contributed by atoms with van der Waals surface area (Å²) in [6.07, 6.45) is 0. The number of rotatable bonds is 2. The van der Waals surface area contributed by atoms with Crippen LogP contribution in [0.25, 0.3) is 0 Å². The van der Waals surface area contributed by atoms with Crippen LogP contribution in [0.5, 0.6) is 0 Å². The first-order valence-electron chi connectivity index (χ1n) is 5.78. The molecule has 1 aromatic carbocycles. The van der Waals surface area contributed by atoms with Crippen LogP contribution in [0.2, 0.25) is 0 Å². The van der Waals surface area contributed by atoms with Gasteiger partial charge in [0.25, 0.3) is 0 Å². The number of nitrogens with two attached hydrogens (primary N) is 2. The Morgan fingerprint density at radius 2 is 1.80 bits per heavy atom. The van der Waals surface area contributed by atoms with Gasteiger partial charge in [-0.3, -0.25) is 5.32 Å². The van der Waals surface area contributed by atoms with Gasteiger partial charge >= 0.3 is 0 Å². The van der Waals surface area contributed by atoms with E-state index in [9.17, 15) is 8.42 Å². The molecule has 2 rings (SSSR count). The second-order valence-electron chi connectivity index (χ2n) is 4.77. The lowest BCUT2D eigenvalue weighted by Gasteiger charge is -2.24. The minimum atomic E-state index is -3.69. The van der Waals surface area contributed by atoms with E-state index in [2.05, 4.69) is 20.6 Å². The van der Waals surface area contributed by atoms with E-state index < -0.39 is 15.7 Å². The number of primary sulfonamides is 1. The number of nitrogens with zero attached hydrogens (tertiary/aromatic N) is 2. The number of anilines is 1. The Hall–Kier alpha value is -2.13. The summed E-state index contributed by atoms with van der Waals surface area (Å²) in [6.45, 7) is 3.62. The molecule has 6 N–H and O–H groups in total. The fourth-order valence-electron chi connectivity index (χ4n) is 1.69. The van der Waals surface area contributed by atoms with Crippen LogP contribution < -0.4 is 21.5 Å². The first-order chi connectivity index (χ1) is 9.16. The highest BCUT2D eigenvalue weighted by Crippen LogP contribution is 2.16. The Labute approximate surface area is 117 Å². The molecule has 9 heteroatoms. The zero-order valence-electron chi connectivity index (χ0n) is 11.1. The Bertz CT molecular complexity index is 675. The number of aliphatic imine (C=N–C) groups is 2. The quantitative estimate of drug-likeness (QED) is 0.597. The average Bonchev–Trinajstić information content (AvgIpc) is 2.25. The molecular weight excluding hydrogens is 280 g/mol. The van der Waals surface area contributed by atoms with Crippen molar-refractivity contribution in [3.63, 3.8) is 0 Å². The Kier molecular flexibility index (Phi) is 3.40. The molecule has 8 nitrogen and oxygen atoms in total. The first-order valence-corrected chi connectivity index (χ1v) is 7.32. The summed E-state index contributed by atoms with van der Waals surface area (Å²) in [5, 5.41) is 10.8. The van der Waals surface area contributed by atoms with Gasteiger partial charge in [0.1, 0.15) is 0 Å². The molecule has 1 aromatic rings. The summed E-state index contributed by atoms with van der Waals surface area (Å²) in [7, 11) is -3.69. The van der Waals surface area contributed by atoms with Crippen molar-refractivity contribution in [2.75, 3.05) is 5.32 Å². The van der Waals surface area contributed by atoms with E-state index in [0.29, 0.717) is 11.6 Å². The van der Waals surface area contributed by atoms with Crippen LogP contribution in [0.4, 0.5) is 5.69 Å². The highest BCUT2D eigenvalue weighted by molar-refractivity contribution is 7.89. The number of hydrogen-bond donors (Lipinski definition) is 4. The molecule has 1 aliphatic rings. The van der Waals surface area contributed by atoms with Gasteiger partial charge in [-0.1, -0.05) is 0 Å². The van der Waals surface area contributed by atoms with Crippen molar-refractivity contribution >= 4 is 27.6 Å². The van der Waals surface area contributed by atoms with E-state index in [1.165, 1.54) is 12.1 Å². The molecule has 0 spiro atoms. The SMILES string of the molecule is CC1(C)N=C(N)NC(Nc2ccc(S(N)(=O)=O)cc2)=N1. The minimum Gasteiger partial charge on any atom is -0.370 e. The van der Waals surface area contributed by atoms with Crippen molar-refractivity contribution in [1.82, 2.24) is 5.32 Å². The van der Waals surface area contributed by atoms with Gasteiger partial charge in [0.05, 0.1) is 4.90 Å². The van der Waals surface area contributed by atoms with Gasteiger partial charge in [-0.2, -0.15) is 0 Å². The van der Waals surface area contributed by atoms with Crippen LogP contribution in [-0.2, 0) is 10.0 Å². The Morgan fingerprint density at radius 3 is 2.30 bits per heavy atom. The van der Waals surface area contributed by atoms with Crippen molar-refractivity contribution in [1.29, 1.82) is 0 Å². The summed E-state index contributed by atoms with van der Waals surface area (Å²) in [4.78, 5) is 8.47. The van der Waals surface area contributed by atoms with Gasteiger partial charge in [0, 0.05) is 5.69 Å². The molecule has 0 unspecified atom stereocenters. The molecule has 0 saturated heterocycles. The van der Waals surface area contributed by atoms with Crippen molar-refractivity contribution in [2.24, 2.45) is 20.9 Å². The van der Waals surface area contributed by atoms with Crippen molar-refractivity contribution in [3.8, 4) is 0 Å². The molecule has 0 atom stereocenters. The van der Waals surface area contributed by atoms with E-state index in [1.54, 1.807) is 12.1 Å². The maximum Gasteiger partial charge on any atom is 0.238 e. The minimum absolute atomic E-state index is 0.0444. The lowest BCUT2D eigenvalue weighted by Crippen LogP contribution is -2.47. The van der Waals surface area contributed by atoms with Crippen LogP contribution in [-0.4, -0.2) is 26.0 Å². The van der Waals surface area contributed by atoms with Gasteiger partial charge in [-0.05, 0) is 38.1 Å². The van der Waals surface area contributed by atoms with Crippen molar-refractivity contribution < 1.29 is 8.42 Å². The predicted molar refractivity (Wildman–Crippen MR) is 77.7 cm³/mol. The van der Waals surface area contributed by atoms with Crippen molar-refractivity contribution in [3.05, 3.63) is 24.3 Å². The average molecular weight is 296 g/mol. The number of guanidine groups is 2. The molecule has 0 fully saturated rings. The van der Waals surface area contributed by atoms with Crippen LogP contribution in [0.1, 0.15) is 13.8 Å². The molecule has 20 heavy (non-hydrogen) atoms. The summed E-state index contributed by atoms with van der Waals surface area (Å²) in [5.41, 5.74) is 5.65. The smallest absolute Gasteiger partial charge is 0.238 e. The topological polar surface area (TPSA) is 135 Å². The number of hydrogen-bond acceptors (Lipinski definition) is 7. The summed E-state index contributed by atoms with van der Waals surface area (Å²) in [5.74, 6) is 0.694. The lowest BCUT2D eigenvalue weighted by atomic mass is 10.2. The van der Waals surface area contributed by atoms with Crippen LogP contribution in [0.3, 0.4) is 0 Å². The third-order valence-electron chi connectivity index (χ3n) is 2.47. The first kappa shape index (κ1) is 14.3. The molecule has 0 bridgehead atoms. The summed E-state index contributed by atoms with van der Waals surface area (Å²) in [6, 6.07) is 5.98. The highest BCUT2D eigenvalue weighted by atomic mass is 32.2. The highest BCUT2D eigenvalue weighted by Gasteiger charge is 2.21. The van der Waals surface area contributed by atoms with Gasteiger partial charge in [-0.25, -0.2) is 23.5 Å². The second kappa shape index (κ2) is 4.76. The second-order valence-corrected chi connectivity index (χ2v) is 6.33. The zero-order valence-corrected chi connectivity index (χ0v) is 11.9. The van der Waals surface area contributed by atoms with Crippen LogP contribution in [0, 0.1) is 0 Å². The molecule has 0 aromatic heterocycles. The molecule has 0 radical (unpaired) electrons. The molecule has 1 heterocycles. The molecular formula is C11H16N6O2S. The van der Waals surface area contributed by atoms with Gasteiger partial charge in [-0.15, -0.1) is 0 Å². The number of nitrogens with one attached hydrogen (secondary N) is 2. The zero-order chi connectivity index (χ0) is 15.0. The Morgan fingerprint density at radius 1 is 1.20 bits per heavy atom. The molecule has 108 valence electrons. The molecule has 1 aliphatic heterocycles. The van der Waals surface area contributed by atoms with E-state index in [1.807, 2.05) is 13.8 Å². The maximum absolute atomic E-state index is 11.2. The van der Waals surface area contributed by atoms with Gasteiger partial charge < -0.3 is 11.1 Å². The molecule has 0 saturated carbocycles. The number of benzene rings is 1. The third-order valence-corrected chi connectivity index (χ3v) is 3.40. The van der Waals surface area contributed by atoms with Crippen LogP contribution >= 0.6 is 0 Å². The lowest BCUT2D eigenvalue weighted by molar-refractivity contribution is 0.541. The largest absolute Gasteiger partial charge is 0.370 e. The van der Waals surface area contributed by atoms with E-state index in [-0.39, 0.29) is 10.9 Å². The summed E-state index contributed by atoms with van der Waals surface area (Å²) < 4.78 is 22.3. The van der Waals surface area contributed by atoms with E-state index in [4.69, 9.17) is 10.9 Å².